The van der Waals surface area contributed by atoms with E-state index in [1.165, 1.54) is 4.90 Å². The Morgan fingerprint density at radius 3 is 2.74 bits per heavy atom. The third-order valence-corrected chi connectivity index (χ3v) is 4.15. The molecule has 6 nitrogen and oxygen atoms in total. The van der Waals surface area contributed by atoms with Crippen molar-refractivity contribution in [2.45, 2.75) is 31.8 Å². The van der Waals surface area contributed by atoms with Gasteiger partial charge in [0, 0.05) is 11.6 Å². The average Bonchev–Trinajstić information content (AvgIpc) is 3.38. The van der Waals surface area contributed by atoms with Crippen LogP contribution in [-0.2, 0) is 9.59 Å². The van der Waals surface area contributed by atoms with Gasteiger partial charge in [0.15, 0.2) is 0 Å². The van der Waals surface area contributed by atoms with Crippen LogP contribution in [0.3, 0.4) is 0 Å². The lowest BCUT2D eigenvalue weighted by Gasteiger charge is -2.29. The molecule has 3 rings (SSSR count). The maximum atomic E-state index is 12.8. The van der Waals surface area contributed by atoms with E-state index in [0.29, 0.717) is 17.1 Å². The van der Waals surface area contributed by atoms with Crippen LogP contribution < -0.4 is 9.47 Å². The zero-order valence-electron chi connectivity index (χ0n) is 13.1. The third kappa shape index (κ3) is 3.02. The SMILES string of the molecule is COc1ccc2c(c1)C=C(C(=O)N(C1CC1)C(C)C(=O)O)CO2. The van der Waals surface area contributed by atoms with Crippen molar-refractivity contribution in [3.05, 3.63) is 29.3 Å². The number of carboxylic acids is 1. The Balaban J connectivity index is 1.89. The van der Waals surface area contributed by atoms with Crippen molar-refractivity contribution in [1.29, 1.82) is 0 Å². The fraction of sp³-hybridized carbons (Fsp3) is 0.412. The molecule has 6 heteroatoms. The summed E-state index contributed by atoms with van der Waals surface area (Å²) in [6, 6.07) is 4.56. The second-order valence-electron chi connectivity index (χ2n) is 5.82. The van der Waals surface area contributed by atoms with Gasteiger partial charge in [-0.25, -0.2) is 4.79 Å². The van der Waals surface area contributed by atoms with Crippen molar-refractivity contribution >= 4 is 18.0 Å². The van der Waals surface area contributed by atoms with Gasteiger partial charge in [-0.15, -0.1) is 0 Å². The summed E-state index contributed by atoms with van der Waals surface area (Å²) in [5.41, 5.74) is 1.23. The van der Waals surface area contributed by atoms with Crippen molar-refractivity contribution in [2.24, 2.45) is 0 Å². The van der Waals surface area contributed by atoms with Gasteiger partial charge in [-0.05, 0) is 44.0 Å². The summed E-state index contributed by atoms with van der Waals surface area (Å²) in [4.78, 5) is 25.5. The first kappa shape index (κ1) is 15.4. The highest BCUT2D eigenvalue weighted by atomic mass is 16.5. The van der Waals surface area contributed by atoms with E-state index in [4.69, 9.17) is 9.47 Å². The molecule has 1 unspecified atom stereocenters. The molecule has 0 bridgehead atoms. The summed E-state index contributed by atoms with van der Waals surface area (Å²) in [7, 11) is 1.57. The lowest BCUT2D eigenvalue weighted by atomic mass is 10.1. The highest BCUT2D eigenvalue weighted by molar-refractivity contribution is 6.01. The molecule has 0 radical (unpaired) electrons. The molecule has 1 atom stereocenters. The van der Waals surface area contributed by atoms with Gasteiger partial charge in [0.05, 0.1) is 12.7 Å². The number of rotatable bonds is 5. The Kier molecular flexibility index (Phi) is 3.98. The minimum Gasteiger partial charge on any atom is -0.497 e. The number of carbonyl (C=O) groups is 2. The van der Waals surface area contributed by atoms with E-state index in [2.05, 4.69) is 0 Å². The predicted molar refractivity (Wildman–Crippen MR) is 83.4 cm³/mol. The van der Waals surface area contributed by atoms with Crippen LogP contribution in [0.4, 0.5) is 0 Å². The van der Waals surface area contributed by atoms with E-state index >= 15 is 0 Å². The van der Waals surface area contributed by atoms with E-state index < -0.39 is 12.0 Å². The number of benzene rings is 1. The second kappa shape index (κ2) is 5.95. The molecule has 0 aromatic heterocycles. The monoisotopic (exact) mass is 317 g/mol. The highest BCUT2D eigenvalue weighted by Crippen LogP contribution is 2.34. The number of carboxylic acid groups (broad SMARTS) is 1. The van der Waals surface area contributed by atoms with Gasteiger partial charge in [0.25, 0.3) is 5.91 Å². The summed E-state index contributed by atoms with van der Waals surface area (Å²) < 4.78 is 10.8. The number of carbonyl (C=O) groups excluding carboxylic acids is 1. The first-order chi connectivity index (χ1) is 11.0. The number of hydrogen-bond acceptors (Lipinski definition) is 4. The third-order valence-electron chi connectivity index (χ3n) is 4.15. The highest BCUT2D eigenvalue weighted by Gasteiger charge is 2.39. The van der Waals surface area contributed by atoms with Crippen LogP contribution in [0.5, 0.6) is 11.5 Å². The van der Waals surface area contributed by atoms with E-state index in [-0.39, 0.29) is 18.6 Å². The van der Waals surface area contributed by atoms with Crippen LogP contribution in [-0.4, -0.2) is 47.7 Å². The normalized spacial score (nSPS) is 17.4. The van der Waals surface area contributed by atoms with E-state index in [1.54, 1.807) is 38.3 Å². The number of hydrogen-bond donors (Lipinski definition) is 1. The van der Waals surface area contributed by atoms with Gasteiger partial charge in [0.1, 0.15) is 24.1 Å². The molecule has 1 aromatic rings. The van der Waals surface area contributed by atoms with Crippen molar-refractivity contribution in [3.8, 4) is 11.5 Å². The van der Waals surface area contributed by atoms with Crippen molar-refractivity contribution in [1.82, 2.24) is 4.90 Å². The molecule has 1 aromatic carbocycles. The van der Waals surface area contributed by atoms with Gasteiger partial charge >= 0.3 is 5.97 Å². The Labute approximate surface area is 134 Å². The lowest BCUT2D eigenvalue weighted by Crippen LogP contribution is -2.46. The summed E-state index contributed by atoms with van der Waals surface area (Å²) >= 11 is 0. The number of amides is 1. The Hall–Kier alpha value is -2.50. The van der Waals surface area contributed by atoms with Crippen molar-refractivity contribution < 1.29 is 24.2 Å². The summed E-state index contributed by atoms with van der Waals surface area (Å²) in [6.07, 6.45) is 3.46. The topological polar surface area (TPSA) is 76.1 Å². The van der Waals surface area contributed by atoms with Gasteiger partial charge in [-0.3, -0.25) is 4.79 Å². The van der Waals surface area contributed by atoms with Crippen LogP contribution >= 0.6 is 0 Å². The molecule has 1 N–H and O–H groups in total. The molecule has 0 saturated heterocycles. The lowest BCUT2D eigenvalue weighted by molar-refractivity contribution is -0.148. The number of ether oxygens (including phenoxy) is 2. The summed E-state index contributed by atoms with van der Waals surface area (Å²) in [6.45, 7) is 1.69. The molecule has 0 spiro atoms. The number of nitrogens with zero attached hydrogens (tertiary/aromatic N) is 1. The van der Waals surface area contributed by atoms with Gasteiger partial charge in [-0.1, -0.05) is 0 Å². The molecular weight excluding hydrogens is 298 g/mol. The smallest absolute Gasteiger partial charge is 0.326 e. The molecule has 1 saturated carbocycles. The minimum absolute atomic E-state index is 0.0150. The maximum absolute atomic E-state index is 12.8. The van der Waals surface area contributed by atoms with E-state index in [1.807, 2.05) is 0 Å². The molecule has 1 amide bonds. The Bertz CT molecular complexity index is 678. The molecule has 1 heterocycles. The fourth-order valence-electron chi connectivity index (χ4n) is 2.70. The fourth-order valence-corrected chi connectivity index (χ4v) is 2.70. The van der Waals surface area contributed by atoms with Crippen LogP contribution in [0.15, 0.2) is 23.8 Å². The van der Waals surface area contributed by atoms with E-state index in [0.717, 1.165) is 18.4 Å². The van der Waals surface area contributed by atoms with Gasteiger partial charge in [0.2, 0.25) is 0 Å². The standard InChI is InChI=1S/C17H19NO5/c1-10(17(20)21)18(13-3-4-13)16(19)12-7-11-8-14(22-2)5-6-15(11)23-9-12/h5-8,10,13H,3-4,9H2,1-2H3,(H,20,21). The zero-order valence-corrected chi connectivity index (χ0v) is 13.1. The molecule has 1 aliphatic heterocycles. The van der Waals surface area contributed by atoms with Crippen LogP contribution in [0.2, 0.25) is 0 Å². The van der Waals surface area contributed by atoms with Crippen LogP contribution in [0.25, 0.3) is 6.08 Å². The number of aliphatic carboxylic acids is 1. The summed E-state index contributed by atoms with van der Waals surface area (Å²) in [5, 5.41) is 9.24. The van der Waals surface area contributed by atoms with Crippen LogP contribution in [0, 0.1) is 0 Å². The van der Waals surface area contributed by atoms with E-state index in [9.17, 15) is 14.7 Å². The molecule has 23 heavy (non-hydrogen) atoms. The van der Waals surface area contributed by atoms with Gasteiger partial charge in [-0.2, -0.15) is 0 Å². The predicted octanol–water partition coefficient (Wildman–Crippen LogP) is 1.94. The Morgan fingerprint density at radius 2 is 2.13 bits per heavy atom. The average molecular weight is 317 g/mol. The molecule has 1 aliphatic carbocycles. The minimum atomic E-state index is -0.996. The molecule has 122 valence electrons. The van der Waals surface area contributed by atoms with Gasteiger partial charge < -0.3 is 19.5 Å². The van der Waals surface area contributed by atoms with Crippen LogP contribution in [0.1, 0.15) is 25.3 Å². The molecule has 1 fully saturated rings. The number of methoxy groups -OCH3 is 1. The zero-order chi connectivity index (χ0) is 16.6. The molecule has 2 aliphatic rings. The molecular formula is C17H19NO5. The summed E-state index contributed by atoms with van der Waals surface area (Å²) in [5.74, 6) is 0.0994. The van der Waals surface area contributed by atoms with Crippen molar-refractivity contribution in [2.75, 3.05) is 13.7 Å². The number of fused-ring (bicyclic) bond motifs is 1. The maximum Gasteiger partial charge on any atom is 0.326 e. The Morgan fingerprint density at radius 1 is 1.39 bits per heavy atom. The largest absolute Gasteiger partial charge is 0.497 e. The quantitative estimate of drug-likeness (QED) is 0.898. The van der Waals surface area contributed by atoms with Crippen molar-refractivity contribution in [3.63, 3.8) is 0 Å². The first-order valence-electron chi connectivity index (χ1n) is 7.58. The first-order valence-corrected chi connectivity index (χ1v) is 7.58. The second-order valence-corrected chi connectivity index (χ2v) is 5.82.